The van der Waals surface area contributed by atoms with Crippen LogP contribution in [0.3, 0.4) is 0 Å². The zero-order chi connectivity index (χ0) is 23.2. The smallest absolute Gasteiger partial charge is 0.0164 e. The SMILES string of the molecule is CC(C1C(PC2CCCCC2)=CC=C1PC1CCCCC1)P(c1ccccc1)c1ccccc1. The topological polar surface area (TPSA) is 0 Å². The second-order valence-electron chi connectivity index (χ2n) is 10.5. The van der Waals surface area contributed by atoms with Crippen molar-refractivity contribution in [2.24, 2.45) is 5.92 Å². The third-order valence-corrected chi connectivity index (χ3v) is 14.4. The molecule has 0 bridgehead atoms. The van der Waals surface area contributed by atoms with Crippen molar-refractivity contribution < 1.29 is 0 Å². The molecule has 3 atom stereocenters. The van der Waals surface area contributed by atoms with Gasteiger partial charge in [-0.1, -0.05) is 135 Å². The van der Waals surface area contributed by atoms with Crippen LogP contribution in [-0.4, -0.2) is 17.0 Å². The van der Waals surface area contributed by atoms with E-state index in [0.717, 1.165) is 28.5 Å². The Labute approximate surface area is 212 Å². The van der Waals surface area contributed by atoms with Crippen molar-refractivity contribution >= 4 is 35.7 Å². The predicted octanol–water partition coefficient (Wildman–Crippen LogP) is 8.93. The zero-order valence-corrected chi connectivity index (χ0v) is 23.7. The molecule has 3 aliphatic rings. The van der Waals surface area contributed by atoms with Crippen LogP contribution in [0.5, 0.6) is 0 Å². The van der Waals surface area contributed by atoms with Gasteiger partial charge >= 0.3 is 0 Å². The Balaban J connectivity index is 1.44. The summed E-state index contributed by atoms with van der Waals surface area (Å²) in [6.07, 6.45) is 19.8. The van der Waals surface area contributed by atoms with Crippen LogP contribution in [0, 0.1) is 5.92 Å². The van der Waals surface area contributed by atoms with Gasteiger partial charge in [0.05, 0.1) is 0 Å². The molecule has 0 spiro atoms. The lowest BCUT2D eigenvalue weighted by Gasteiger charge is -2.36. The summed E-state index contributed by atoms with van der Waals surface area (Å²) in [7, 11) is 1.68. The van der Waals surface area contributed by atoms with Gasteiger partial charge in [-0.2, -0.15) is 0 Å². The highest BCUT2D eigenvalue weighted by Crippen LogP contribution is 2.58. The lowest BCUT2D eigenvalue weighted by molar-refractivity contribution is 0.512. The molecule has 2 aromatic carbocycles. The Morgan fingerprint density at radius 3 is 1.44 bits per heavy atom. The molecule has 0 amide bonds. The summed E-state index contributed by atoms with van der Waals surface area (Å²) >= 11 is 0. The minimum atomic E-state index is -0.395. The van der Waals surface area contributed by atoms with E-state index in [1.165, 1.54) is 64.2 Å². The van der Waals surface area contributed by atoms with Crippen molar-refractivity contribution in [3.63, 3.8) is 0 Å². The molecular weight excluding hydrogens is 465 g/mol. The molecule has 0 saturated heterocycles. The molecule has 0 radical (unpaired) electrons. The average molecular weight is 507 g/mol. The highest BCUT2D eigenvalue weighted by Gasteiger charge is 2.36. The fraction of sp³-hybridized carbons (Fsp3) is 0.484. The largest absolute Gasteiger partial charge is 0.0910 e. The van der Waals surface area contributed by atoms with Crippen LogP contribution >= 0.6 is 25.1 Å². The standard InChI is InChI=1S/C31H41P3/c1-24(34(27-18-10-4-11-19-27)28-20-12-5-13-21-28)31-29(32-25-14-6-2-7-15-25)22-23-30(31)33-26-16-8-3-9-17-26/h4-5,10-13,18-26,31-33H,2-3,6-9,14-17H2,1H3. The fourth-order valence-corrected chi connectivity index (χ4v) is 13.4. The van der Waals surface area contributed by atoms with E-state index in [1.807, 2.05) is 0 Å². The summed E-state index contributed by atoms with van der Waals surface area (Å²) in [5, 5.41) is 6.70. The van der Waals surface area contributed by atoms with Crippen LogP contribution in [-0.2, 0) is 0 Å². The van der Waals surface area contributed by atoms with Crippen LogP contribution in [0.15, 0.2) is 83.4 Å². The zero-order valence-electron chi connectivity index (χ0n) is 20.8. The first-order valence-corrected chi connectivity index (χ1v) is 17.2. The second-order valence-corrected chi connectivity index (χ2v) is 16.4. The molecule has 5 rings (SSSR count). The first kappa shape index (κ1) is 24.9. The molecule has 3 unspecified atom stereocenters. The highest BCUT2D eigenvalue weighted by molar-refractivity contribution is 7.73. The molecule has 34 heavy (non-hydrogen) atoms. The van der Waals surface area contributed by atoms with Gasteiger partial charge in [0, 0.05) is 5.92 Å². The third-order valence-electron chi connectivity index (χ3n) is 8.02. The molecule has 0 aliphatic heterocycles. The minimum absolute atomic E-state index is 0.395. The van der Waals surface area contributed by atoms with Crippen molar-refractivity contribution in [2.45, 2.75) is 88.1 Å². The lowest BCUT2D eigenvalue weighted by atomic mass is 10.0. The van der Waals surface area contributed by atoms with E-state index in [1.54, 1.807) is 21.2 Å². The van der Waals surface area contributed by atoms with E-state index in [2.05, 4.69) is 79.7 Å². The quantitative estimate of drug-likeness (QED) is 0.314. The molecule has 0 nitrogen and oxygen atoms in total. The van der Waals surface area contributed by atoms with E-state index in [9.17, 15) is 0 Å². The van der Waals surface area contributed by atoms with Gasteiger partial charge in [-0.05, 0) is 71.8 Å². The first-order chi connectivity index (χ1) is 16.8. The molecule has 0 N–H and O–H groups in total. The highest BCUT2D eigenvalue weighted by atomic mass is 31.1. The monoisotopic (exact) mass is 506 g/mol. The number of benzene rings is 2. The Kier molecular flexibility index (Phi) is 9.11. The molecular formula is C31H41P3. The van der Waals surface area contributed by atoms with Gasteiger partial charge in [0.2, 0.25) is 0 Å². The van der Waals surface area contributed by atoms with Crippen molar-refractivity contribution in [1.29, 1.82) is 0 Å². The van der Waals surface area contributed by atoms with E-state index in [0.29, 0.717) is 11.6 Å². The van der Waals surface area contributed by atoms with Crippen LogP contribution in [0.1, 0.15) is 71.1 Å². The number of rotatable bonds is 8. The van der Waals surface area contributed by atoms with Gasteiger partial charge in [-0.15, -0.1) is 0 Å². The third kappa shape index (κ3) is 6.12. The summed E-state index contributed by atoms with van der Waals surface area (Å²) in [4.78, 5) is 0. The van der Waals surface area contributed by atoms with Crippen molar-refractivity contribution in [3.05, 3.63) is 83.4 Å². The van der Waals surface area contributed by atoms with Gasteiger partial charge in [0.15, 0.2) is 0 Å². The van der Waals surface area contributed by atoms with Gasteiger partial charge in [-0.25, -0.2) is 0 Å². The van der Waals surface area contributed by atoms with E-state index in [-0.39, 0.29) is 0 Å². The summed E-state index contributed by atoms with van der Waals surface area (Å²) < 4.78 is 0. The molecule has 0 aromatic heterocycles. The van der Waals surface area contributed by atoms with Crippen LogP contribution in [0.4, 0.5) is 0 Å². The molecule has 180 valence electrons. The lowest BCUT2D eigenvalue weighted by Crippen LogP contribution is -2.27. The Morgan fingerprint density at radius 2 is 1.03 bits per heavy atom. The number of hydrogen-bond acceptors (Lipinski definition) is 0. The van der Waals surface area contributed by atoms with Crippen molar-refractivity contribution in [3.8, 4) is 0 Å². The van der Waals surface area contributed by atoms with Crippen LogP contribution < -0.4 is 10.6 Å². The Morgan fingerprint density at radius 1 is 0.618 bits per heavy atom. The van der Waals surface area contributed by atoms with Gasteiger partial charge < -0.3 is 0 Å². The summed E-state index contributed by atoms with van der Waals surface area (Å²) in [6.45, 7) is 2.60. The van der Waals surface area contributed by atoms with Gasteiger partial charge in [0.25, 0.3) is 0 Å². The second kappa shape index (κ2) is 12.4. The maximum absolute atomic E-state index is 2.60. The molecule has 0 heterocycles. The van der Waals surface area contributed by atoms with E-state index in [4.69, 9.17) is 0 Å². The van der Waals surface area contributed by atoms with Gasteiger partial charge in [0.1, 0.15) is 0 Å². The summed E-state index contributed by atoms with van der Waals surface area (Å²) in [5.74, 6) is 0.659. The van der Waals surface area contributed by atoms with Gasteiger partial charge in [-0.3, -0.25) is 0 Å². The predicted molar refractivity (Wildman–Crippen MR) is 159 cm³/mol. The fourth-order valence-electron chi connectivity index (χ4n) is 6.26. The van der Waals surface area contributed by atoms with Crippen molar-refractivity contribution in [1.82, 2.24) is 0 Å². The maximum Gasteiger partial charge on any atom is 0.0164 e. The molecule has 2 fully saturated rings. The Hall–Kier alpha value is -0.790. The maximum atomic E-state index is 2.60. The Bertz CT molecular complexity index is 877. The first-order valence-electron chi connectivity index (χ1n) is 13.6. The molecule has 3 heteroatoms. The summed E-state index contributed by atoms with van der Waals surface area (Å²) in [5.41, 5.74) is 2.53. The number of allylic oxidation sites excluding steroid dienone is 4. The van der Waals surface area contributed by atoms with Crippen LogP contribution in [0.2, 0.25) is 0 Å². The molecule has 2 saturated carbocycles. The van der Waals surface area contributed by atoms with Crippen molar-refractivity contribution in [2.75, 3.05) is 0 Å². The van der Waals surface area contributed by atoms with E-state index >= 15 is 0 Å². The summed E-state index contributed by atoms with van der Waals surface area (Å²) in [6, 6.07) is 22.9. The number of hydrogen-bond donors (Lipinski definition) is 0. The normalized spacial score (nSPS) is 23.8. The molecule has 2 aromatic rings. The average Bonchev–Trinajstić information content (AvgIpc) is 3.28. The minimum Gasteiger partial charge on any atom is -0.0910 e. The van der Waals surface area contributed by atoms with E-state index < -0.39 is 7.92 Å². The molecule has 3 aliphatic carbocycles. The van der Waals surface area contributed by atoms with Crippen LogP contribution in [0.25, 0.3) is 0 Å².